The molecule has 0 aliphatic carbocycles. The van der Waals surface area contributed by atoms with E-state index in [1.165, 1.54) is 5.56 Å². The fourth-order valence-corrected chi connectivity index (χ4v) is 5.73. The molecule has 0 radical (unpaired) electrons. The van der Waals surface area contributed by atoms with Gasteiger partial charge in [0.1, 0.15) is 6.04 Å². The Kier molecular flexibility index (Phi) is 4.39. The summed E-state index contributed by atoms with van der Waals surface area (Å²) in [5.74, 6) is 0.0172. The smallest absolute Gasteiger partial charge is 0.256 e. The van der Waals surface area contributed by atoms with Gasteiger partial charge in [-0.2, -0.15) is 0 Å². The topological polar surface area (TPSA) is 39.3 Å². The molecule has 0 saturated carbocycles. The second-order valence-electron chi connectivity index (χ2n) is 8.44. The van der Waals surface area contributed by atoms with Gasteiger partial charge in [0, 0.05) is 28.0 Å². The van der Waals surface area contributed by atoms with Crippen LogP contribution >= 0.6 is 23.8 Å². The van der Waals surface area contributed by atoms with Crippen molar-refractivity contribution < 1.29 is 4.79 Å². The average Bonchev–Trinajstić information content (AvgIpc) is 3.27. The number of H-pyrrole nitrogens is 1. The van der Waals surface area contributed by atoms with Gasteiger partial charge < -0.3 is 9.88 Å². The zero-order valence-electron chi connectivity index (χ0n) is 17.4. The van der Waals surface area contributed by atoms with Crippen molar-refractivity contribution in [3.05, 3.63) is 100 Å². The largest absolute Gasteiger partial charge is 0.356 e. The standard InChI is InChI=1S/C26H20ClN3OS/c1-15-6-4-9-18(12-15)29-25(31)22-14-20-19-10-2-3-11-21(19)28-23(20)24(30(22)26(29)32)16-7-5-8-17(27)13-16/h2-13,22,24,28H,14H2,1H3. The number of hydrogen-bond donors (Lipinski definition) is 1. The Morgan fingerprint density at radius 2 is 1.84 bits per heavy atom. The number of carbonyl (C=O) groups is 1. The third kappa shape index (κ3) is 2.81. The van der Waals surface area contributed by atoms with Crippen LogP contribution in [0, 0.1) is 6.92 Å². The predicted molar refractivity (Wildman–Crippen MR) is 132 cm³/mol. The van der Waals surface area contributed by atoms with Gasteiger partial charge in [0.15, 0.2) is 5.11 Å². The third-order valence-corrected chi connectivity index (χ3v) is 7.10. The maximum Gasteiger partial charge on any atom is 0.256 e. The van der Waals surface area contributed by atoms with Crippen LogP contribution in [-0.4, -0.2) is 26.9 Å². The van der Waals surface area contributed by atoms with E-state index in [0.29, 0.717) is 16.6 Å². The van der Waals surface area contributed by atoms with E-state index >= 15 is 0 Å². The first-order valence-electron chi connectivity index (χ1n) is 10.6. The number of nitrogens with one attached hydrogen (secondary N) is 1. The first-order chi connectivity index (χ1) is 15.5. The summed E-state index contributed by atoms with van der Waals surface area (Å²) in [6.45, 7) is 2.02. The van der Waals surface area contributed by atoms with Crippen LogP contribution in [0.5, 0.6) is 0 Å². The van der Waals surface area contributed by atoms with Crippen molar-refractivity contribution in [2.75, 3.05) is 4.90 Å². The molecule has 1 saturated heterocycles. The van der Waals surface area contributed by atoms with Crippen molar-refractivity contribution in [3.8, 4) is 0 Å². The molecule has 1 amide bonds. The maximum absolute atomic E-state index is 13.7. The van der Waals surface area contributed by atoms with Gasteiger partial charge in [-0.1, -0.05) is 54.1 Å². The number of nitrogens with zero attached hydrogens (tertiary/aromatic N) is 2. The lowest BCUT2D eigenvalue weighted by molar-refractivity contribution is -0.120. The van der Waals surface area contributed by atoms with E-state index in [9.17, 15) is 4.79 Å². The number of rotatable bonds is 2. The molecule has 6 rings (SSSR count). The number of hydrogen-bond acceptors (Lipinski definition) is 2. The molecule has 4 aromatic rings. The highest BCUT2D eigenvalue weighted by Crippen LogP contribution is 2.45. The monoisotopic (exact) mass is 457 g/mol. The van der Waals surface area contributed by atoms with Gasteiger partial charge in [0.25, 0.3) is 5.91 Å². The highest BCUT2D eigenvalue weighted by Gasteiger charge is 2.51. The van der Waals surface area contributed by atoms with Gasteiger partial charge in [-0.15, -0.1) is 0 Å². The van der Waals surface area contributed by atoms with Gasteiger partial charge >= 0.3 is 0 Å². The van der Waals surface area contributed by atoms with Crippen LogP contribution in [0.15, 0.2) is 72.8 Å². The highest BCUT2D eigenvalue weighted by molar-refractivity contribution is 7.80. The first-order valence-corrected chi connectivity index (χ1v) is 11.4. The molecular weight excluding hydrogens is 438 g/mol. The Bertz CT molecular complexity index is 1410. The molecule has 2 aliphatic heterocycles. The van der Waals surface area contributed by atoms with Crippen LogP contribution in [0.3, 0.4) is 0 Å². The highest BCUT2D eigenvalue weighted by atomic mass is 35.5. The van der Waals surface area contributed by atoms with Crippen molar-refractivity contribution in [2.45, 2.75) is 25.4 Å². The maximum atomic E-state index is 13.7. The lowest BCUT2D eigenvalue weighted by Gasteiger charge is -2.37. The van der Waals surface area contributed by atoms with Crippen LogP contribution in [0.25, 0.3) is 10.9 Å². The average molecular weight is 458 g/mol. The molecule has 4 nitrogen and oxygen atoms in total. The molecular formula is C26H20ClN3OS. The number of carbonyl (C=O) groups excluding carboxylic acids is 1. The van der Waals surface area contributed by atoms with E-state index in [1.54, 1.807) is 4.90 Å². The minimum Gasteiger partial charge on any atom is -0.356 e. The predicted octanol–water partition coefficient (Wildman–Crippen LogP) is 5.78. The summed E-state index contributed by atoms with van der Waals surface area (Å²) >= 11 is 12.3. The molecule has 32 heavy (non-hydrogen) atoms. The van der Waals surface area contributed by atoms with Crippen molar-refractivity contribution in [3.63, 3.8) is 0 Å². The number of aromatic amines is 1. The van der Waals surface area contributed by atoms with Gasteiger partial charge in [-0.25, -0.2) is 0 Å². The van der Waals surface area contributed by atoms with E-state index < -0.39 is 0 Å². The molecule has 1 fully saturated rings. The summed E-state index contributed by atoms with van der Waals surface area (Å²) in [7, 11) is 0. The molecule has 158 valence electrons. The molecule has 2 atom stereocenters. The van der Waals surface area contributed by atoms with E-state index in [4.69, 9.17) is 23.8 Å². The Morgan fingerprint density at radius 1 is 1.03 bits per heavy atom. The lowest BCUT2D eigenvalue weighted by atomic mass is 9.89. The molecule has 3 heterocycles. The number of thiocarbonyl (C=S) groups is 1. The van der Waals surface area contributed by atoms with E-state index in [2.05, 4.69) is 28.1 Å². The quantitative estimate of drug-likeness (QED) is 0.388. The van der Waals surface area contributed by atoms with Gasteiger partial charge in [0.05, 0.1) is 11.7 Å². The number of halogens is 1. The van der Waals surface area contributed by atoms with Crippen LogP contribution in [-0.2, 0) is 11.2 Å². The third-order valence-electron chi connectivity index (χ3n) is 6.47. The fourth-order valence-electron chi connectivity index (χ4n) is 5.10. The summed E-state index contributed by atoms with van der Waals surface area (Å²) in [5.41, 5.74) is 6.23. The first kappa shape index (κ1) is 19.5. The minimum atomic E-state index is -0.362. The van der Waals surface area contributed by atoms with Crippen LogP contribution < -0.4 is 4.90 Å². The van der Waals surface area contributed by atoms with E-state index in [1.807, 2.05) is 61.5 Å². The Morgan fingerprint density at radius 3 is 2.66 bits per heavy atom. The Labute approximate surface area is 196 Å². The number of aromatic nitrogens is 1. The number of fused-ring (bicyclic) bond motifs is 4. The molecule has 6 heteroatoms. The molecule has 3 aromatic carbocycles. The molecule has 2 aliphatic rings. The van der Waals surface area contributed by atoms with Crippen molar-refractivity contribution in [2.24, 2.45) is 0 Å². The normalized spacial score (nSPS) is 20.1. The second-order valence-corrected chi connectivity index (χ2v) is 9.24. The van der Waals surface area contributed by atoms with Gasteiger partial charge in [-0.3, -0.25) is 9.69 Å². The van der Waals surface area contributed by atoms with Crippen molar-refractivity contribution in [1.82, 2.24) is 9.88 Å². The SMILES string of the molecule is Cc1cccc(N2C(=O)C3Cc4c([nH]c5ccccc45)C(c4cccc(Cl)c4)N3C2=S)c1. The number of para-hydroxylation sites is 1. The molecule has 0 spiro atoms. The minimum absolute atomic E-state index is 0.0172. The number of anilines is 1. The van der Waals surface area contributed by atoms with Crippen molar-refractivity contribution in [1.29, 1.82) is 0 Å². The lowest BCUT2D eigenvalue weighted by Crippen LogP contribution is -2.44. The van der Waals surface area contributed by atoms with Crippen molar-refractivity contribution >= 4 is 51.4 Å². The number of aryl methyl sites for hydroxylation is 1. The number of benzene rings is 3. The summed E-state index contributed by atoms with van der Waals surface area (Å²) in [5, 5.41) is 2.34. The molecule has 1 aromatic heterocycles. The molecule has 0 bridgehead atoms. The van der Waals surface area contributed by atoms with E-state index in [-0.39, 0.29) is 18.0 Å². The Hall–Kier alpha value is -3.15. The fraction of sp³-hybridized carbons (Fsp3) is 0.154. The Balaban J connectivity index is 1.56. The van der Waals surface area contributed by atoms with Gasteiger partial charge in [0.2, 0.25) is 0 Å². The van der Waals surface area contributed by atoms with Crippen LogP contribution in [0.2, 0.25) is 5.02 Å². The van der Waals surface area contributed by atoms with Crippen LogP contribution in [0.4, 0.5) is 5.69 Å². The molecule has 1 N–H and O–H groups in total. The summed E-state index contributed by atoms with van der Waals surface area (Å²) in [6, 6.07) is 23.4. The van der Waals surface area contributed by atoms with Crippen LogP contribution in [0.1, 0.15) is 28.4 Å². The zero-order chi connectivity index (χ0) is 22.0. The summed E-state index contributed by atoms with van der Waals surface area (Å²) in [4.78, 5) is 21.1. The zero-order valence-corrected chi connectivity index (χ0v) is 19.0. The summed E-state index contributed by atoms with van der Waals surface area (Å²) < 4.78 is 0. The second kappa shape index (κ2) is 7.19. The van der Waals surface area contributed by atoms with Gasteiger partial charge in [-0.05, 0) is 66.2 Å². The molecule has 2 unspecified atom stereocenters. The summed E-state index contributed by atoms with van der Waals surface area (Å²) in [6.07, 6.45) is 0.609. The van der Waals surface area contributed by atoms with E-state index in [0.717, 1.165) is 33.4 Å². The number of amides is 1.